The number of H-pyrrole nitrogens is 1. The maximum Gasteiger partial charge on any atom is 0.434 e. The van der Waals surface area contributed by atoms with Crippen LogP contribution in [-0.4, -0.2) is 55.1 Å². The molecule has 0 unspecified atom stereocenters. The van der Waals surface area contributed by atoms with Crippen LogP contribution in [0, 0.1) is 5.92 Å². The van der Waals surface area contributed by atoms with E-state index in [1.165, 1.54) is 18.3 Å². The second-order valence-corrected chi connectivity index (χ2v) is 8.98. The number of rotatable bonds is 5. The first kappa shape index (κ1) is 21.1. The highest BCUT2D eigenvalue weighted by Crippen LogP contribution is 2.57. The van der Waals surface area contributed by atoms with Crippen molar-refractivity contribution < 1.29 is 31.8 Å². The Morgan fingerprint density at radius 2 is 2.12 bits per heavy atom. The van der Waals surface area contributed by atoms with Gasteiger partial charge in [0.2, 0.25) is 5.95 Å². The summed E-state index contributed by atoms with van der Waals surface area (Å²) >= 11 is 0. The molecular weight excluding hydrogens is 462 g/mol. The van der Waals surface area contributed by atoms with Crippen LogP contribution in [0.1, 0.15) is 36.8 Å². The Bertz CT molecular complexity index is 1240. The second-order valence-electron chi connectivity index (χ2n) is 8.98. The molecule has 3 saturated carbocycles. The van der Waals surface area contributed by atoms with Crippen molar-refractivity contribution in [1.82, 2.24) is 29.9 Å². The zero-order chi connectivity index (χ0) is 23.7. The van der Waals surface area contributed by atoms with Gasteiger partial charge in [0.15, 0.2) is 23.8 Å². The average molecular weight is 481 g/mol. The third kappa shape index (κ3) is 3.52. The van der Waals surface area contributed by atoms with Crippen molar-refractivity contribution in [3.05, 3.63) is 35.9 Å². The molecule has 1 amide bonds. The fourth-order valence-electron chi connectivity index (χ4n) is 4.76. The standard InChI is InChI=1S/C20H19F4N7O3/c21-15-11(34-18(32)28-19-4-9(5-19)6-19)8-33-16(15)10-3-13(30-29-10)27-17-25-2-1-14-26-12(7-31(14)17)20(22,23)24/h1-3,7,9,11,15-16H,4-6,8H2,(H,28,32)(H2,25,27,29,30)/t9?,11-,15-,16-,19?/m1/s1. The molecule has 1 aliphatic heterocycles. The smallest absolute Gasteiger partial charge is 0.434 e. The van der Waals surface area contributed by atoms with Gasteiger partial charge in [0.25, 0.3) is 0 Å². The maximum atomic E-state index is 15.0. The van der Waals surface area contributed by atoms with Crippen molar-refractivity contribution in [3.63, 3.8) is 0 Å². The van der Waals surface area contributed by atoms with Gasteiger partial charge in [-0.05, 0) is 31.2 Å². The molecule has 1 saturated heterocycles. The monoisotopic (exact) mass is 481 g/mol. The molecule has 0 radical (unpaired) electrons. The van der Waals surface area contributed by atoms with E-state index in [9.17, 15) is 22.4 Å². The molecule has 4 aliphatic rings. The number of halogens is 4. The molecule has 3 atom stereocenters. The van der Waals surface area contributed by atoms with Crippen molar-refractivity contribution in [1.29, 1.82) is 0 Å². The lowest BCUT2D eigenvalue weighted by atomic mass is 9.50. The number of aromatic amines is 1. The van der Waals surface area contributed by atoms with E-state index >= 15 is 0 Å². The van der Waals surface area contributed by atoms with Crippen molar-refractivity contribution in [2.24, 2.45) is 5.92 Å². The summed E-state index contributed by atoms with van der Waals surface area (Å²) in [5, 5.41) is 12.3. The lowest BCUT2D eigenvalue weighted by molar-refractivity contribution is -0.140. The van der Waals surface area contributed by atoms with E-state index in [1.807, 2.05) is 0 Å². The number of fused-ring (bicyclic) bond motifs is 1. The van der Waals surface area contributed by atoms with E-state index in [-0.39, 0.29) is 35.3 Å². The molecule has 3 N–H and O–H groups in total. The van der Waals surface area contributed by atoms with Crippen LogP contribution in [0.15, 0.2) is 24.5 Å². The number of amides is 1. The number of anilines is 2. The highest BCUT2D eigenvalue weighted by atomic mass is 19.4. The summed E-state index contributed by atoms with van der Waals surface area (Å²) in [5.74, 6) is 0.896. The molecule has 2 bridgehead atoms. The van der Waals surface area contributed by atoms with Gasteiger partial charge in [-0.3, -0.25) is 9.50 Å². The zero-order valence-corrected chi connectivity index (χ0v) is 17.5. The van der Waals surface area contributed by atoms with Crippen LogP contribution < -0.4 is 10.6 Å². The number of nitrogens with zero attached hydrogens (tertiary/aromatic N) is 4. The molecule has 4 heterocycles. The Morgan fingerprint density at radius 3 is 2.82 bits per heavy atom. The Morgan fingerprint density at radius 1 is 1.32 bits per heavy atom. The number of alkyl carbamates (subject to hydrolysis) is 1. The molecular formula is C20H19F4N7O3. The highest BCUT2D eigenvalue weighted by Gasteiger charge is 2.58. The largest absolute Gasteiger partial charge is 0.441 e. The fourth-order valence-corrected chi connectivity index (χ4v) is 4.76. The number of alkyl halides is 4. The van der Waals surface area contributed by atoms with Gasteiger partial charge in [-0.15, -0.1) is 0 Å². The molecule has 3 aliphatic carbocycles. The van der Waals surface area contributed by atoms with Gasteiger partial charge >= 0.3 is 12.3 Å². The van der Waals surface area contributed by atoms with Crippen molar-refractivity contribution in [2.45, 2.75) is 49.4 Å². The van der Waals surface area contributed by atoms with Crippen LogP contribution in [0.4, 0.5) is 34.1 Å². The lowest BCUT2D eigenvalue weighted by Crippen LogP contribution is -2.68. The first-order valence-electron chi connectivity index (χ1n) is 10.7. The summed E-state index contributed by atoms with van der Waals surface area (Å²) in [6.07, 6.45) is -4.08. The molecule has 0 aromatic carbocycles. The minimum absolute atomic E-state index is 0.0363. The Hall–Kier alpha value is -3.42. The SMILES string of the molecule is O=C(NC12CC(C1)C2)O[C@@H]1CO[C@H](c2cc(Nc3nccc4nc(C(F)(F)F)cn34)n[nH]2)[C@@H]1F. The number of imidazole rings is 1. The maximum absolute atomic E-state index is 15.0. The number of carbonyl (C=O) groups is 1. The number of carbonyl (C=O) groups excluding carboxylic acids is 1. The number of hydrogen-bond donors (Lipinski definition) is 3. The molecule has 10 nitrogen and oxygen atoms in total. The minimum Gasteiger partial charge on any atom is -0.441 e. The van der Waals surface area contributed by atoms with E-state index in [2.05, 4.69) is 30.8 Å². The summed E-state index contributed by atoms with van der Waals surface area (Å²) in [6, 6.07) is 2.78. The normalized spacial score (nSPS) is 30.0. The fraction of sp³-hybridized carbons (Fsp3) is 0.500. The van der Waals surface area contributed by atoms with Gasteiger partial charge in [0, 0.05) is 24.0 Å². The van der Waals surface area contributed by atoms with Crippen LogP contribution in [0.3, 0.4) is 0 Å². The molecule has 7 rings (SSSR count). The van der Waals surface area contributed by atoms with Crippen molar-refractivity contribution in [2.75, 3.05) is 11.9 Å². The third-order valence-electron chi connectivity index (χ3n) is 6.56. The van der Waals surface area contributed by atoms with Gasteiger partial charge in [-0.25, -0.2) is 19.2 Å². The zero-order valence-electron chi connectivity index (χ0n) is 17.5. The van der Waals surface area contributed by atoms with E-state index in [1.54, 1.807) is 0 Å². The van der Waals surface area contributed by atoms with Crippen LogP contribution in [0.2, 0.25) is 0 Å². The molecule has 14 heteroatoms. The lowest BCUT2D eigenvalue weighted by Gasteiger charge is -2.61. The van der Waals surface area contributed by atoms with Crippen LogP contribution >= 0.6 is 0 Å². The summed E-state index contributed by atoms with van der Waals surface area (Å²) in [4.78, 5) is 19.7. The molecule has 3 aromatic heterocycles. The first-order valence-corrected chi connectivity index (χ1v) is 10.7. The predicted octanol–water partition coefficient (Wildman–Crippen LogP) is 3.27. The number of aromatic nitrogens is 5. The van der Waals surface area contributed by atoms with E-state index in [4.69, 9.17) is 9.47 Å². The topological polar surface area (TPSA) is 118 Å². The number of hydrogen-bond acceptors (Lipinski definition) is 7. The van der Waals surface area contributed by atoms with Crippen LogP contribution in [0.25, 0.3) is 5.65 Å². The van der Waals surface area contributed by atoms with Gasteiger partial charge in [-0.2, -0.15) is 18.3 Å². The number of nitrogens with one attached hydrogen (secondary N) is 3. The van der Waals surface area contributed by atoms with Crippen LogP contribution in [-0.2, 0) is 15.7 Å². The van der Waals surface area contributed by atoms with Gasteiger partial charge in [0.05, 0.1) is 12.3 Å². The van der Waals surface area contributed by atoms with E-state index in [0.717, 1.165) is 29.9 Å². The van der Waals surface area contributed by atoms with Gasteiger partial charge < -0.3 is 20.1 Å². The summed E-state index contributed by atoms with van der Waals surface area (Å²) < 4.78 is 65.8. The summed E-state index contributed by atoms with van der Waals surface area (Å²) in [6.45, 7) is -0.118. The van der Waals surface area contributed by atoms with E-state index < -0.39 is 36.3 Å². The van der Waals surface area contributed by atoms with Gasteiger partial charge in [-0.1, -0.05) is 0 Å². The number of ether oxygens (including phenoxy) is 2. The molecule has 4 fully saturated rings. The third-order valence-corrected chi connectivity index (χ3v) is 6.56. The molecule has 180 valence electrons. The predicted molar refractivity (Wildman–Crippen MR) is 107 cm³/mol. The average Bonchev–Trinajstić information content (AvgIpc) is 3.43. The quantitative estimate of drug-likeness (QED) is 0.479. The molecule has 0 spiro atoms. The summed E-state index contributed by atoms with van der Waals surface area (Å²) in [5.41, 5.74) is -0.922. The Balaban J connectivity index is 1.12. The molecule has 3 aromatic rings. The highest BCUT2D eigenvalue weighted by molar-refractivity contribution is 5.69. The minimum atomic E-state index is -4.61. The van der Waals surface area contributed by atoms with Crippen molar-refractivity contribution in [3.8, 4) is 0 Å². The van der Waals surface area contributed by atoms with E-state index in [0.29, 0.717) is 5.92 Å². The summed E-state index contributed by atoms with van der Waals surface area (Å²) in [7, 11) is 0. The first-order chi connectivity index (χ1) is 16.2. The molecule has 34 heavy (non-hydrogen) atoms. The van der Waals surface area contributed by atoms with Gasteiger partial charge in [0.1, 0.15) is 11.8 Å². The second kappa shape index (κ2) is 7.29. The van der Waals surface area contributed by atoms with Crippen LogP contribution in [0.5, 0.6) is 0 Å². The Labute approximate surface area is 189 Å². The Kier molecular flexibility index (Phi) is 4.53. The van der Waals surface area contributed by atoms with Crippen molar-refractivity contribution >= 4 is 23.5 Å².